The summed E-state index contributed by atoms with van der Waals surface area (Å²) in [6, 6.07) is 15.7. The minimum Gasteiger partial charge on any atom is -0.493 e. The van der Waals surface area contributed by atoms with Gasteiger partial charge in [0.2, 0.25) is 0 Å². The number of carbonyl (C=O) groups is 1. The van der Waals surface area contributed by atoms with Crippen molar-refractivity contribution < 1.29 is 14.3 Å². The Balaban J connectivity index is 0.00000336. The van der Waals surface area contributed by atoms with Gasteiger partial charge < -0.3 is 30.0 Å². The number of amides is 1. The highest BCUT2D eigenvalue weighted by Crippen LogP contribution is 2.33. The van der Waals surface area contributed by atoms with Gasteiger partial charge in [-0.05, 0) is 56.1 Å². The second kappa shape index (κ2) is 12.7. The zero-order valence-corrected chi connectivity index (χ0v) is 22.7. The van der Waals surface area contributed by atoms with Crippen molar-refractivity contribution in [2.45, 2.75) is 25.3 Å². The highest BCUT2D eigenvalue weighted by Gasteiger charge is 2.18. The van der Waals surface area contributed by atoms with E-state index in [1.54, 1.807) is 13.4 Å². The fourth-order valence-corrected chi connectivity index (χ4v) is 4.80. The maximum Gasteiger partial charge on any atom is 0.258 e. The third-order valence-corrected chi connectivity index (χ3v) is 6.54. The van der Waals surface area contributed by atoms with Crippen LogP contribution in [-0.4, -0.2) is 65.7 Å². The first-order valence-electron chi connectivity index (χ1n) is 12.5. The first-order valence-corrected chi connectivity index (χ1v) is 12.5. The first-order chi connectivity index (χ1) is 18.1. The van der Waals surface area contributed by atoms with Crippen molar-refractivity contribution in [1.29, 1.82) is 0 Å². The smallest absolute Gasteiger partial charge is 0.258 e. The van der Waals surface area contributed by atoms with Gasteiger partial charge in [-0.1, -0.05) is 30.3 Å². The molecule has 0 aliphatic carbocycles. The quantitative estimate of drug-likeness (QED) is 0.367. The highest BCUT2D eigenvalue weighted by atomic mass is 32.1. The number of likely N-dealkylation sites (N-methyl/N-ethyl adjacent to an activating group) is 1. The summed E-state index contributed by atoms with van der Waals surface area (Å²) >= 11 is 0. The summed E-state index contributed by atoms with van der Waals surface area (Å²) < 4.78 is 11.4. The van der Waals surface area contributed by atoms with E-state index in [1.807, 2.05) is 42.6 Å². The number of rotatable bonds is 3. The molecule has 1 amide bonds. The molecule has 5 rings (SSSR count). The summed E-state index contributed by atoms with van der Waals surface area (Å²) in [5.74, 6) is 1.57. The number of hydrogen-bond donors (Lipinski definition) is 3. The predicted molar refractivity (Wildman–Crippen MR) is 154 cm³/mol. The van der Waals surface area contributed by atoms with E-state index >= 15 is 0 Å². The number of aryl methyl sites for hydroxylation is 1. The van der Waals surface area contributed by atoms with Crippen LogP contribution < -0.4 is 20.1 Å². The van der Waals surface area contributed by atoms with E-state index < -0.39 is 0 Å². The number of aromatic amines is 1. The Bertz CT molecular complexity index is 1360. The van der Waals surface area contributed by atoms with Gasteiger partial charge in [-0.15, -0.1) is 0 Å². The Morgan fingerprint density at radius 1 is 1.16 bits per heavy atom. The number of methoxy groups -OCH3 is 1. The summed E-state index contributed by atoms with van der Waals surface area (Å²) in [5, 5.41) is 7.55. The fraction of sp³-hybridized carbons (Fsp3) is 0.321. The fourth-order valence-electron chi connectivity index (χ4n) is 4.80. The van der Waals surface area contributed by atoms with E-state index in [0.29, 0.717) is 11.5 Å². The Hall–Kier alpha value is -3.76. The molecule has 38 heavy (non-hydrogen) atoms. The molecule has 2 aromatic carbocycles. The van der Waals surface area contributed by atoms with Crippen LogP contribution >= 0.6 is 13.5 Å². The molecular weight excluding hydrogens is 500 g/mol. The number of hydrogen-bond acceptors (Lipinski definition) is 7. The molecule has 0 spiro atoms. The molecule has 0 saturated heterocycles. The molecule has 200 valence electrons. The standard InChI is InChI=1S/C28H32N6O3.H2S/c1-34-12-6-9-20-15-29-27-26(20)28(31-18-30-27)33-21-10-11-23(36-2)24(14-21)37-17-25(35)32-22(16-34)13-19-7-4-3-5-8-19;/h3-5,7-8,10-11,14-15,18,22H,6,9,12-13,16-17H2,1-2H3,(H,32,35)(H2,29,30,31,33);1H2/t22-;/m0./s1. The highest BCUT2D eigenvalue weighted by molar-refractivity contribution is 7.59. The lowest BCUT2D eigenvalue weighted by atomic mass is 10.0. The van der Waals surface area contributed by atoms with Gasteiger partial charge in [-0.3, -0.25) is 4.79 Å². The molecular formula is C28H34N6O3S. The monoisotopic (exact) mass is 534 g/mol. The third kappa shape index (κ3) is 6.56. The Morgan fingerprint density at radius 3 is 2.82 bits per heavy atom. The van der Waals surface area contributed by atoms with Crippen molar-refractivity contribution in [3.8, 4) is 11.5 Å². The van der Waals surface area contributed by atoms with Gasteiger partial charge in [0.1, 0.15) is 17.8 Å². The van der Waals surface area contributed by atoms with E-state index in [-0.39, 0.29) is 32.1 Å². The molecule has 3 heterocycles. The van der Waals surface area contributed by atoms with Gasteiger partial charge in [-0.25, -0.2) is 9.97 Å². The van der Waals surface area contributed by atoms with Gasteiger partial charge in [0, 0.05) is 30.5 Å². The normalized spacial score (nSPS) is 16.9. The van der Waals surface area contributed by atoms with E-state index in [4.69, 9.17) is 9.47 Å². The lowest BCUT2D eigenvalue weighted by Crippen LogP contribution is -2.45. The number of nitrogens with zero attached hydrogens (tertiary/aromatic N) is 3. The SMILES string of the molecule is COc1ccc2cc1OCC(=O)N[C@@H](Cc1ccccc1)CN(C)CCCc1c[nH]c3ncnc(c13)N2.S. The van der Waals surface area contributed by atoms with Crippen molar-refractivity contribution in [2.24, 2.45) is 0 Å². The molecule has 4 aromatic rings. The van der Waals surface area contributed by atoms with Crippen LogP contribution in [0.3, 0.4) is 0 Å². The van der Waals surface area contributed by atoms with Crippen molar-refractivity contribution in [2.75, 3.05) is 39.2 Å². The zero-order chi connectivity index (χ0) is 25.6. The number of fused-ring (bicyclic) bond motifs is 2. The van der Waals surface area contributed by atoms with Crippen molar-refractivity contribution in [3.63, 3.8) is 0 Å². The topological polar surface area (TPSA) is 104 Å². The Morgan fingerprint density at radius 2 is 2.00 bits per heavy atom. The maximum absolute atomic E-state index is 12.9. The molecule has 2 bridgehead atoms. The lowest BCUT2D eigenvalue weighted by molar-refractivity contribution is -0.123. The number of benzene rings is 2. The predicted octanol–water partition coefficient (Wildman–Crippen LogP) is 3.81. The summed E-state index contributed by atoms with van der Waals surface area (Å²) in [4.78, 5) is 27.4. The van der Waals surface area contributed by atoms with Crippen LogP contribution in [0.25, 0.3) is 11.0 Å². The van der Waals surface area contributed by atoms with Gasteiger partial charge in [0.25, 0.3) is 5.91 Å². The van der Waals surface area contributed by atoms with Crippen LogP contribution in [-0.2, 0) is 17.6 Å². The van der Waals surface area contributed by atoms with Crippen LogP contribution in [0.15, 0.2) is 61.1 Å². The van der Waals surface area contributed by atoms with E-state index in [9.17, 15) is 4.79 Å². The molecule has 3 N–H and O–H groups in total. The second-order valence-corrected chi connectivity index (χ2v) is 9.36. The van der Waals surface area contributed by atoms with Crippen LogP contribution in [0.4, 0.5) is 11.5 Å². The average Bonchev–Trinajstić information content (AvgIpc) is 3.32. The van der Waals surface area contributed by atoms with Gasteiger partial charge in [0.05, 0.1) is 12.5 Å². The minimum atomic E-state index is -0.174. The van der Waals surface area contributed by atoms with E-state index in [2.05, 4.69) is 49.7 Å². The summed E-state index contributed by atoms with van der Waals surface area (Å²) in [6.07, 6.45) is 6.13. The maximum atomic E-state index is 12.9. The van der Waals surface area contributed by atoms with Crippen LogP contribution in [0.2, 0.25) is 0 Å². The molecule has 0 saturated carbocycles. The Labute approximate surface area is 229 Å². The number of aromatic nitrogens is 3. The number of carbonyl (C=O) groups excluding carboxylic acids is 1. The summed E-state index contributed by atoms with van der Waals surface area (Å²) in [5.41, 5.74) is 3.91. The molecule has 1 atom stereocenters. The molecule has 10 heteroatoms. The first kappa shape index (κ1) is 27.3. The van der Waals surface area contributed by atoms with Crippen LogP contribution in [0, 0.1) is 0 Å². The molecule has 0 radical (unpaired) electrons. The van der Waals surface area contributed by atoms with Gasteiger partial charge in [-0.2, -0.15) is 13.5 Å². The number of nitrogens with one attached hydrogen (secondary N) is 3. The molecule has 9 nitrogen and oxygen atoms in total. The lowest BCUT2D eigenvalue weighted by Gasteiger charge is -2.25. The van der Waals surface area contributed by atoms with Crippen molar-refractivity contribution in [1.82, 2.24) is 25.2 Å². The molecule has 2 aromatic heterocycles. The molecule has 1 aliphatic heterocycles. The summed E-state index contributed by atoms with van der Waals surface area (Å²) in [7, 11) is 3.67. The molecule has 1 aliphatic rings. The minimum absolute atomic E-state index is 0. The van der Waals surface area contributed by atoms with Crippen molar-refractivity contribution >= 4 is 41.9 Å². The third-order valence-electron chi connectivity index (χ3n) is 6.54. The number of ether oxygens (including phenoxy) is 2. The van der Waals surface area contributed by atoms with Crippen LogP contribution in [0.1, 0.15) is 17.5 Å². The van der Waals surface area contributed by atoms with Gasteiger partial charge >= 0.3 is 0 Å². The van der Waals surface area contributed by atoms with Crippen LogP contribution in [0.5, 0.6) is 11.5 Å². The van der Waals surface area contributed by atoms with E-state index in [0.717, 1.165) is 60.5 Å². The molecule has 0 fully saturated rings. The zero-order valence-electron chi connectivity index (χ0n) is 21.7. The van der Waals surface area contributed by atoms with Crippen molar-refractivity contribution in [3.05, 3.63) is 72.2 Å². The van der Waals surface area contributed by atoms with E-state index in [1.165, 1.54) is 5.56 Å². The second-order valence-electron chi connectivity index (χ2n) is 9.36. The largest absolute Gasteiger partial charge is 0.493 e. The average molecular weight is 535 g/mol. The summed E-state index contributed by atoms with van der Waals surface area (Å²) in [6.45, 7) is 1.50. The van der Waals surface area contributed by atoms with Gasteiger partial charge in [0.15, 0.2) is 18.1 Å². The number of anilines is 2. The molecule has 0 unspecified atom stereocenters. The Kier molecular flexibility index (Phi) is 9.09. The number of H-pyrrole nitrogens is 1.